The van der Waals surface area contributed by atoms with Crippen LogP contribution in [-0.2, 0) is 13.1 Å². The van der Waals surface area contributed by atoms with E-state index in [1.165, 1.54) is 12.1 Å². The number of halogens is 1. The number of nitrogens with one attached hydrogen (secondary N) is 1. The highest BCUT2D eigenvalue weighted by molar-refractivity contribution is 5.97. The molecule has 7 nitrogen and oxygen atoms in total. The lowest BCUT2D eigenvalue weighted by atomic mass is 10.1. The van der Waals surface area contributed by atoms with E-state index < -0.39 is 5.82 Å². The standard InChI is InChI=1S/C27H25FN4O3/c28-24-8-4-3-7-23(24)26(34)31-15-13-30(14-16-31)25(33)19-9-11-22(12-10-19)29-27(35)32-17-20-5-1-2-6-21(20)18-32/h1-12H,13-18H2,(H,29,35). The number of carbonyl (C=O) groups excluding carboxylic acids is 3. The van der Waals surface area contributed by atoms with Crippen LogP contribution in [0.2, 0.25) is 0 Å². The number of benzene rings is 3. The van der Waals surface area contributed by atoms with Crippen molar-refractivity contribution in [3.8, 4) is 0 Å². The smallest absolute Gasteiger partial charge is 0.322 e. The summed E-state index contributed by atoms with van der Waals surface area (Å²) in [4.78, 5) is 43.2. The number of hydrogen-bond donors (Lipinski definition) is 1. The summed E-state index contributed by atoms with van der Waals surface area (Å²) in [5, 5.41) is 2.89. The lowest BCUT2D eigenvalue weighted by molar-refractivity contribution is 0.0533. The van der Waals surface area contributed by atoms with Crippen LogP contribution in [0.1, 0.15) is 31.8 Å². The van der Waals surface area contributed by atoms with Crippen LogP contribution < -0.4 is 5.32 Å². The number of rotatable bonds is 3. The molecule has 5 rings (SSSR count). The molecule has 2 aliphatic rings. The van der Waals surface area contributed by atoms with Crippen molar-refractivity contribution in [3.05, 3.63) is 101 Å². The van der Waals surface area contributed by atoms with E-state index in [1.54, 1.807) is 51.1 Å². The fraction of sp³-hybridized carbons (Fsp3) is 0.222. The maximum Gasteiger partial charge on any atom is 0.322 e. The number of carbonyl (C=O) groups is 3. The molecule has 0 saturated carbocycles. The molecule has 2 aliphatic heterocycles. The van der Waals surface area contributed by atoms with Crippen LogP contribution >= 0.6 is 0 Å². The average molecular weight is 473 g/mol. The van der Waals surface area contributed by atoms with Crippen molar-refractivity contribution in [2.24, 2.45) is 0 Å². The predicted octanol–water partition coefficient (Wildman–Crippen LogP) is 3.97. The number of amides is 4. The Labute approximate surface area is 202 Å². The normalized spacial score (nSPS) is 15.1. The maximum absolute atomic E-state index is 13.9. The highest BCUT2D eigenvalue weighted by Gasteiger charge is 2.27. The molecule has 0 spiro atoms. The van der Waals surface area contributed by atoms with Crippen molar-refractivity contribution >= 4 is 23.5 Å². The van der Waals surface area contributed by atoms with E-state index in [-0.39, 0.29) is 23.4 Å². The number of piperazine rings is 1. The molecule has 1 saturated heterocycles. The van der Waals surface area contributed by atoms with Crippen molar-refractivity contribution in [1.82, 2.24) is 14.7 Å². The zero-order chi connectivity index (χ0) is 24.4. The molecule has 1 fully saturated rings. The number of urea groups is 1. The quantitative estimate of drug-likeness (QED) is 0.627. The zero-order valence-electron chi connectivity index (χ0n) is 19.1. The second-order valence-corrected chi connectivity index (χ2v) is 8.70. The Bertz CT molecular complexity index is 1240. The summed E-state index contributed by atoms with van der Waals surface area (Å²) in [7, 11) is 0. The molecular weight excluding hydrogens is 447 g/mol. The van der Waals surface area contributed by atoms with Gasteiger partial charge < -0.3 is 20.0 Å². The minimum atomic E-state index is -0.544. The minimum Gasteiger partial charge on any atom is -0.335 e. The van der Waals surface area contributed by atoms with Gasteiger partial charge in [-0.25, -0.2) is 9.18 Å². The first-order chi connectivity index (χ1) is 17.0. The Morgan fingerprint density at radius 1 is 0.657 bits per heavy atom. The summed E-state index contributed by atoms with van der Waals surface area (Å²) in [6.45, 7) is 2.56. The first kappa shape index (κ1) is 22.6. The van der Waals surface area contributed by atoms with Crippen molar-refractivity contribution in [3.63, 3.8) is 0 Å². The second-order valence-electron chi connectivity index (χ2n) is 8.70. The molecule has 2 heterocycles. The Kier molecular flexibility index (Phi) is 6.18. The third-order valence-corrected chi connectivity index (χ3v) is 6.47. The van der Waals surface area contributed by atoms with E-state index in [0.29, 0.717) is 50.5 Å². The van der Waals surface area contributed by atoms with E-state index in [9.17, 15) is 18.8 Å². The van der Waals surface area contributed by atoms with Crippen molar-refractivity contribution in [1.29, 1.82) is 0 Å². The molecule has 0 bridgehead atoms. The number of hydrogen-bond acceptors (Lipinski definition) is 3. The SMILES string of the molecule is O=C(Nc1ccc(C(=O)N2CCN(C(=O)c3ccccc3F)CC2)cc1)N1Cc2ccccc2C1. The zero-order valence-corrected chi connectivity index (χ0v) is 19.1. The molecule has 0 atom stereocenters. The summed E-state index contributed by atoms with van der Waals surface area (Å²) in [5.41, 5.74) is 3.47. The fourth-order valence-electron chi connectivity index (χ4n) is 4.48. The lowest BCUT2D eigenvalue weighted by Gasteiger charge is -2.35. The summed E-state index contributed by atoms with van der Waals surface area (Å²) in [6, 6.07) is 20.5. The van der Waals surface area contributed by atoms with Gasteiger partial charge in [-0.2, -0.15) is 0 Å². The third kappa shape index (κ3) is 4.73. The van der Waals surface area contributed by atoms with Gasteiger partial charge in [0, 0.05) is 50.5 Å². The van der Waals surface area contributed by atoms with E-state index in [2.05, 4.69) is 5.32 Å². The topological polar surface area (TPSA) is 73.0 Å². The highest BCUT2D eigenvalue weighted by atomic mass is 19.1. The number of nitrogens with zero attached hydrogens (tertiary/aromatic N) is 3. The molecule has 3 aromatic carbocycles. The maximum atomic E-state index is 13.9. The van der Waals surface area contributed by atoms with E-state index in [0.717, 1.165) is 11.1 Å². The lowest BCUT2D eigenvalue weighted by Crippen LogP contribution is -2.50. The summed E-state index contributed by atoms with van der Waals surface area (Å²) < 4.78 is 13.9. The van der Waals surface area contributed by atoms with Gasteiger partial charge in [0.1, 0.15) is 5.82 Å². The Hall–Kier alpha value is -4.20. The van der Waals surface area contributed by atoms with E-state index in [4.69, 9.17) is 0 Å². The molecule has 8 heteroatoms. The molecule has 0 unspecified atom stereocenters. The van der Waals surface area contributed by atoms with Crippen molar-refractivity contribution in [2.75, 3.05) is 31.5 Å². The highest BCUT2D eigenvalue weighted by Crippen LogP contribution is 2.23. The number of anilines is 1. The molecule has 0 radical (unpaired) electrons. The molecule has 0 aliphatic carbocycles. The monoisotopic (exact) mass is 472 g/mol. The van der Waals surface area contributed by atoms with Crippen LogP contribution in [0.4, 0.5) is 14.9 Å². The van der Waals surface area contributed by atoms with E-state index >= 15 is 0 Å². The van der Waals surface area contributed by atoms with Crippen LogP contribution in [-0.4, -0.2) is 58.7 Å². The molecule has 35 heavy (non-hydrogen) atoms. The molecular formula is C27H25FN4O3. The predicted molar refractivity (Wildman–Crippen MR) is 129 cm³/mol. The summed E-state index contributed by atoms with van der Waals surface area (Å²) >= 11 is 0. The summed E-state index contributed by atoms with van der Waals surface area (Å²) in [6.07, 6.45) is 0. The Morgan fingerprint density at radius 3 is 1.80 bits per heavy atom. The van der Waals surface area contributed by atoms with Gasteiger partial charge in [0.05, 0.1) is 5.56 Å². The second kappa shape index (κ2) is 9.58. The van der Waals surface area contributed by atoms with Crippen LogP contribution in [0, 0.1) is 5.82 Å². The largest absolute Gasteiger partial charge is 0.335 e. The van der Waals surface area contributed by atoms with Gasteiger partial charge in [-0.15, -0.1) is 0 Å². The fourth-order valence-corrected chi connectivity index (χ4v) is 4.48. The number of fused-ring (bicyclic) bond motifs is 1. The molecule has 1 N–H and O–H groups in total. The van der Waals surface area contributed by atoms with Gasteiger partial charge in [-0.3, -0.25) is 9.59 Å². The first-order valence-corrected chi connectivity index (χ1v) is 11.6. The average Bonchev–Trinajstić information content (AvgIpc) is 3.33. The van der Waals surface area contributed by atoms with Crippen LogP contribution in [0.5, 0.6) is 0 Å². The van der Waals surface area contributed by atoms with Crippen molar-refractivity contribution < 1.29 is 18.8 Å². The Balaban J connectivity index is 1.14. The van der Waals surface area contributed by atoms with Gasteiger partial charge in [-0.05, 0) is 47.5 Å². The first-order valence-electron chi connectivity index (χ1n) is 11.6. The van der Waals surface area contributed by atoms with Gasteiger partial charge >= 0.3 is 6.03 Å². The van der Waals surface area contributed by atoms with Gasteiger partial charge in [0.2, 0.25) is 0 Å². The molecule has 4 amide bonds. The van der Waals surface area contributed by atoms with Crippen LogP contribution in [0.3, 0.4) is 0 Å². The van der Waals surface area contributed by atoms with E-state index in [1.807, 2.05) is 24.3 Å². The van der Waals surface area contributed by atoms with Crippen LogP contribution in [0.15, 0.2) is 72.8 Å². The molecule has 3 aromatic rings. The third-order valence-electron chi connectivity index (χ3n) is 6.47. The molecule has 178 valence electrons. The van der Waals surface area contributed by atoms with Gasteiger partial charge in [0.25, 0.3) is 11.8 Å². The van der Waals surface area contributed by atoms with Crippen molar-refractivity contribution in [2.45, 2.75) is 13.1 Å². The minimum absolute atomic E-state index is 0.0442. The summed E-state index contributed by atoms with van der Waals surface area (Å²) in [5.74, 6) is -1.05. The van der Waals surface area contributed by atoms with Gasteiger partial charge in [0.15, 0.2) is 0 Å². The molecule has 0 aromatic heterocycles. The van der Waals surface area contributed by atoms with Crippen LogP contribution in [0.25, 0.3) is 0 Å². The van der Waals surface area contributed by atoms with Gasteiger partial charge in [-0.1, -0.05) is 36.4 Å². The Morgan fingerprint density at radius 2 is 1.20 bits per heavy atom.